The van der Waals surface area contributed by atoms with Gasteiger partial charge in [-0.3, -0.25) is 14.6 Å². The molecule has 2 atom stereocenters. The predicted octanol–water partition coefficient (Wildman–Crippen LogP) is -0.665. The van der Waals surface area contributed by atoms with Crippen LogP contribution in [0.25, 0.3) is 11.2 Å². The number of nitrogens with zero attached hydrogens (tertiary/aromatic N) is 2. The van der Waals surface area contributed by atoms with Crippen molar-refractivity contribution in [2.24, 2.45) is 11.5 Å². The van der Waals surface area contributed by atoms with Crippen molar-refractivity contribution in [1.82, 2.24) is 9.97 Å². The van der Waals surface area contributed by atoms with Crippen molar-refractivity contribution in [2.75, 3.05) is 11.9 Å². The summed E-state index contributed by atoms with van der Waals surface area (Å²) in [6, 6.07) is 2.17. The van der Waals surface area contributed by atoms with Crippen LogP contribution in [0.4, 0.5) is 19.1 Å². The Labute approximate surface area is 191 Å². The number of rotatable bonds is 12. The van der Waals surface area contributed by atoms with Crippen molar-refractivity contribution in [3.8, 4) is 0 Å². The summed E-state index contributed by atoms with van der Waals surface area (Å²) in [4.78, 5) is 37.9. The fraction of sp³-hybridized carbons (Fsp3) is 0.526. The number of nitrogens with one attached hydrogen (secondary N) is 2. The van der Waals surface area contributed by atoms with E-state index in [4.69, 9.17) is 31.6 Å². The molecule has 0 unspecified atom stereocenters. The first-order valence-electron chi connectivity index (χ1n) is 10.2. The van der Waals surface area contributed by atoms with Gasteiger partial charge in [-0.1, -0.05) is 0 Å². The molecular weight excluding hydrogens is 465 g/mol. The number of carboxylic acids is 3. The third kappa shape index (κ3) is 9.99. The molecule has 8 N–H and O–H groups in total. The summed E-state index contributed by atoms with van der Waals surface area (Å²) < 4.78 is 33.6. The van der Waals surface area contributed by atoms with E-state index in [0.29, 0.717) is 38.3 Å². The summed E-state index contributed by atoms with van der Waals surface area (Å²) in [6.45, 7) is 1.27. The van der Waals surface area contributed by atoms with Crippen molar-refractivity contribution in [1.29, 1.82) is 0 Å². The first-order chi connectivity index (χ1) is 15.8. The van der Waals surface area contributed by atoms with Crippen LogP contribution in [0.15, 0.2) is 18.3 Å². The Kier molecular flexibility index (Phi) is 11.2. The van der Waals surface area contributed by atoms with Gasteiger partial charge >= 0.3 is 29.7 Å². The summed E-state index contributed by atoms with van der Waals surface area (Å²) >= 11 is 0. The average molecular weight is 492 g/mol. The molecule has 2 aromatic rings. The van der Waals surface area contributed by atoms with Crippen molar-refractivity contribution in [3.63, 3.8) is 0 Å². The number of hydrogen-bond donors (Lipinski definition) is 6. The Bertz CT molecular complexity index is 968. The lowest BCUT2D eigenvalue weighted by molar-refractivity contribution is -0.673. The van der Waals surface area contributed by atoms with Crippen molar-refractivity contribution in [2.45, 2.75) is 56.9 Å². The van der Waals surface area contributed by atoms with E-state index in [0.717, 1.165) is 24.0 Å². The Morgan fingerprint density at radius 2 is 1.68 bits per heavy atom. The molecule has 190 valence electrons. The number of aryl methyl sites for hydroxylation is 1. The van der Waals surface area contributed by atoms with Gasteiger partial charge in [0.25, 0.3) is 0 Å². The molecule has 0 radical (unpaired) electrons. The Balaban J connectivity index is 0.000000718. The van der Waals surface area contributed by atoms with Crippen LogP contribution in [0.5, 0.6) is 0 Å². The van der Waals surface area contributed by atoms with Gasteiger partial charge in [-0.05, 0) is 49.2 Å². The van der Waals surface area contributed by atoms with Crippen LogP contribution >= 0.6 is 0 Å². The van der Waals surface area contributed by atoms with E-state index in [1.54, 1.807) is 0 Å². The topological polar surface area (TPSA) is 211 Å². The van der Waals surface area contributed by atoms with Crippen LogP contribution in [0, 0.1) is 0 Å². The fourth-order valence-electron chi connectivity index (χ4n) is 2.71. The van der Waals surface area contributed by atoms with Gasteiger partial charge in [0, 0.05) is 6.54 Å². The first kappa shape index (κ1) is 28.6. The van der Waals surface area contributed by atoms with Crippen molar-refractivity contribution >= 4 is 35.0 Å². The molecule has 0 aliphatic rings. The van der Waals surface area contributed by atoms with Crippen LogP contribution in [0.1, 0.15) is 32.1 Å². The van der Waals surface area contributed by atoms with E-state index in [-0.39, 0.29) is 0 Å². The van der Waals surface area contributed by atoms with Gasteiger partial charge < -0.3 is 36.9 Å². The van der Waals surface area contributed by atoms with Crippen LogP contribution in [-0.2, 0) is 20.9 Å². The number of hydrogen-bond acceptors (Lipinski definition) is 8. The maximum absolute atomic E-state index is 10.7. The number of halogens is 3. The monoisotopic (exact) mass is 492 g/mol. The van der Waals surface area contributed by atoms with Gasteiger partial charge in [0.2, 0.25) is 0 Å². The van der Waals surface area contributed by atoms with Gasteiger partial charge in [0.1, 0.15) is 23.6 Å². The number of pyridine rings is 1. The number of carboxylic acid groups (broad SMARTS) is 3. The number of fused-ring (bicyclic) bond motifs is 1. The number of carbonyl (C=O) groups is 3. The minimum absolute atomic E-state index is 0.390. The number of anilines is 1. The molecule has 0 saturated carbocycles. The molecule has 0 fully saturated rings. The Morgan fingerprint density at radius 3 is 2.21 bits per heavy atom. The third-order valence-corrected chi connectivity index (χ3v) is 4.53. The molecule has 0 aromatic carbocycles. The minimum atomic E-state index is -5.19. The number of aliphatic carboxylic acids is 3. The third-order valence-electron chi connectivity index (χ3n) is 4.53. The standard InChI is InChI=1S/C17H26N6O4.C2HF3O2/c18-11(15(24)25)5-1-2-9-23-10-4-7-13-14(23)22-17(21-13)20-8-3-6-12(19)16(26)27;3-2(4,5)1(6)7/h4,7,10-12H,1-3,5-6,8-9,18-19H2,(H3,20,21,24,25,26,27);(H,6,7)/t11-,12-;/m0./s1. The van der Waals surface area contributed by atoms with Crippen LogP contribution in [-0.4, -0.2) is 62.9 Å². The first-order valence-corrected chi connectivity index (χ1v) is 10.2. The average Bonchev–Trinajstić information content (AvgIpc) is 3.17. The summed E-state index contributed by atoms with van der Waals surface area (Å²) in [5.41, 5.74) is 12.7. The molecule has 0 bridgehead atoms. The van der Waals surface area contributed by atoms with Gasteiger partial charge in [-0.2, -0.15) is 13.2 Å². The normalized spacial score (nSPS) is 13.0. The molecule has 0 spiro atoms. The summed E-state index contributed by atoms with van der Waals surface area (Å²) in [5, 5.41) is 29.5. The largest absolute Gasteiger partial charge is 0.542 e. The zero-order valence-corrected chi connectivity index (χ0v) is 18.0. The maximum Gasteiger partial charge on any atom is 0.430 e. The molecule has 0 aliphatic heterocycles. The van der Waals surface area contributed by atoms with Crippen LogP contribution < -0.4 is 26.5 Å². The second-order valence-corrected chi connectivity index (χ2v) is 7.26. The summed E-state index contributed by atoms with van der Waals surface area (Å²) in [6.07, 6.45) is -0.299. The van der Waals surface area contributed by atoms with Crippen molar-refractivity contribution < 1.29 is 47.4 Å². The molecule has 34 heavy (non-hydrogen) atoms. The second kappa shape index (κ2) is 13.3. The number of alkyl halides is 3. The molecule has 12 nitrogen and oxygen atoms in total. The molecular formula is C19H27F3N6O6. The van der Waals surface area contributed by atoms with Gasteiger partial charge in [0.05, 0.1) is 12.7 Å². The van der Waals surface area contributed by atoms with E-state index in [2.05, 4.69) is 15.3 Å². The summed E-state index contributed by atoms with van der Waals surface area (Å²) in [7, 11) is 0. The lowest BCUT2D eigenvalue weighted by Gasteiger charge is -2.05. The fourth-order valence-corrected chi connectivity index (χ4v) is 2.71. The lowest BCUT2D eigenvalue weighted by Crippen LogP contribution is -2.37. The number of nitrogens with two attached hydrogens (primary N) is 2. The minimum Gasteiger partial charge on any atom is -0.542 e. The van der Waals surface area contributed by atoms with Crippen molar-refractivity contribution in [3.05, 3.63) is 18.3 Å². The van der Waals surface area contributed by atoms with Gasteiger partial charge in [0.15, 0.2) is 0 Å². The predicted molar refractivity (Wildman–Crippen MR) is 110 cm³/mol. The van der Waals surface area contributed by atoms with Gasteiger partial charge in [-0.15, -0.1) is 0 Å². The molecule has 15 heteroatoms. The molecule has 0 amide bonds. The van der Waals surface area contributed by atoms with E-state index >= 15 is 0 Å². The van der Waals surface area contributed by atoms with Crippen LogP contribution in [0.2, 0.25) is 0 Å². The highest BCUT2D eigenvalue weighted by atomic mass is 19.4. The quantitative estimate of drug-likeness (QED) is 0.162. The number of carbonyl (C=O) groups excluding carboxylic acids is 1. The molecule has 2 aromatic heterocycles. The second-order valence-electron chi connectivity index (χ2n) is 7.26. The highest BCUT2D eigenvalue weighted by Gasteiger charge is 2.28. The van der Waals surface area contributed by atoms with E-state index in [9.17, 15) is 22.8 Å². The summed E-state index contributed by atoms with van der Waals surface area (Å²) in [5.74, 6) is -4.37. The Hall–Kier alpha value is -3.46. The number of unbranched alkanes of at least 4 members (excludes halogenated alkanes) is 1. The van der Waals surface area contributed by atoms with Crippen LogP contribution in [0.3, 0.4) is 0 Å². The highest BCUT2D eigenvalue weighted by Crippen LogP contribution is 2.12. The molecule has 0 saturated heterocycles. The number of imidazole rings is 1. The van der Waals surface area contributed by atoms with Gasteiger partial charge in [-0.25, -0.2) is 4.57 Å². The number of aromatic nitrogens is 3. The number of H-pyrrole nitrogens is 1. The highest BCUT2D eigenvalue weighted by molar-refractivity contribution is 5.73. The maximum atomic E-state index is 10.7. The SMILES string of the molecule is N[C@@H](CCCC[n+]1cccc2[nH]c(NCCC[C@H](N)C(=O)O)nc21)C(=O)O.O=C([O-])C(F)(F)F. The Morgan fingerprint density at radius 1 is 1.12 bits per heavy atom. The molecule has 2 rings (SSSR count). The number of aromatic amines is 1. The lowest BCUT2D eigenvalue weighted by atomic mass is 10.1. The van der Waals surface area contributed by atoms with E-state index in [1.165, 1.54) is 0 Å². The van der Waals surface area contributed by atoms with E-state index in [1.807, 2.05) is 22.9 Å². The molecule has 0 aliphatic carbocycles. The smallest absolute Gasteiger partial charge is 0.430 e. The van der Waals surface area contributed by atoms with E-state index < -0.39 is 36.2 Å². The zero-order chi connectivity index (χ0) is 25.9. The molecule has 2 heterocycles. The zero-order valence-electron chi connectivity index (χ0n) is 18.0.